The zero-order valence-corrected chi connectivity index (χ0v) is 15.0. The number of nitrogens with zero attached hydrogens (tertiary/aromatic N) is 1. The first-order chi connectivity index (χ1) is 11.1. The van der Waals surface area contributed by atoms with Crippen molar-refractivity contribution in [1.82, 2.24) is 10.3 Å². The lowest BCUT2D eigenvalue weighted by molar-refractivity contribution is -0.119. The van der Waals surface area contributed by atoms with Gasteiger partial charge in [0.1, 0.15) is 0 Å². The summed E-state index contributed by atoms with van der Waals surface area (Å²) in [6, 6.07) is 10.3. The molecule has 0 fully saturated rings. The van der Waals surface area contributed by atoms with E-state index in [0.717, 1.165) is 28.1 Å². The Bertz CT molecular complexity index is 637. The molecule has 0 spiro atoms. The highest BCUT2D eigenvalue weighted by molar-refractivity contribution is 8.00. The Morgan fingerprint density at radius 3 is 2.74 bits per heavy atom. The summed E-state index contributed by atoms with van der Waals surface area (Å²) in [5.74, 6) is 1.28. The van der Waals surface area contributed by atoms with Gasteiger partial charge in [0.2, 0.25) is 5.91 Å². The lowest BCUT2D eigenvalue weighted by Gasteiger charge is -2.14. The molecule has 3 nitrogen and oxygen atoms in total. The third-order valence-electron chi connectivity index (χ3n) is 3.79. The minimum absolute atomic E-state index is 0.105. The highest BCUT2D eigenvalue weighted by atomic mass is 32.2. The third-order valence-corrected chi connectivity index (χ3v) is 4.87. The van der Waals surface area contributed by atoms with Gasteiger partial charge in [0, 0.05) is 22.5 Å². The molecule has 1 aromatic carbocycles. The van der Waals surface area contributed by atoms with Gasteiger partial charge in [-0.2, -0.15) is 0 Å². The van der Waals surface area contributed by atoms with Gasteiger partial charge in [0.25, 0.3) is 0 Å². The van der Waals surface area contributed by atoms with Crippen molar-refractivity contribution in [2.75, 3.05) is 5.75 Å². The second-order valence-electron chi connectivity index (χ2n) is 6.41. The van der Waals surface area contributed by atoms with Gasteiger partial charge in [-0.1, -0.05) is 44.9 Å². The topological polar surface area (TPSA) is 42.0 Å². The highest BCUT2D eigenvalue weighted by Gasteiger charge is 2.09. The van der Waals surface area contributed by atoms with Crippen LogP contribution in [0.4, 0.5) is 0 Å². The number of benzene rings is 1. The molecule has 0 aliphatic heterocycles. The first kappa shape index (κ1) is 17.8. The number of thioether (sulfide) groups is 1. The second kappa shape index (κ2) is 8.92. The first-order valence-electron chi connectivity index (χ1n) is 8.32. The van der Waals surface area contributed by atoms with Crippen LogP contribution in [0.5, 0.6) is 0 Å². The number of pyridine rings is 1. The molecule has 0 saturated heterocycles. The summed E-state index contributed by atoms with van der Waals surface area (Å²) < 4.78 is 0. The molecule has 0 aliphatic rings. The monoisotopic (exact) mass is 330 g/mol. The van der Waals surface area contributed by atoms with E-state index in [1.807, 2.05) is 24.3 Å². The summed E-state index contributed by atoms with van der Waals surface area (Å²) in [4.78, 5) is 17.6. The molecule has 23 heavy (non-hydrogen) atoms. The zero-order chi connectivity index (χ0) is 16.7. The number of hydrogen-bond donors (Lipinski definition) is 1. The standard InChI is InChI=1S/C19H26N2OS/c1-14(2)7-6-8-15(3)21-19(22)13-23-18-11-12-20-17-10-5-4-9-16(17)18/h4-5,9-12,14-15H,6-8,13H2,1-3H3,(H,21,22). The van der Waals surface area contributed by atoms with Crippen molar-refractivity contribution in [2.24, 2.45) is 5.92 Å². The Morgan fingerprint density at radius 2 is 1.96 bits per heavy atom. The van der Waals surface area contributed by atoms with Crippen molar-refractivity contribution in [3.8, 4) is 0 Å². The summed E-state index contributed by atoms with van der Waals surface area (Å²) in [7, 11) is 0. The van der Waals surface area contributed by atoms with Crippen LogP contribution < -0.4 is 5.32 Å². The summed E-state index contributed by atoms with van der Waals surface area (Å²) in [5, 5.41) is 4.21. The average Bonchev–Trinajstić information content (AvgIpc) is 2.52. The van der Waals surface area contributed by atoms with Crippen LogP contribution in [0, 0.1) is 5.92 Å². The van der Waals surface area contributed by atoms with E-state index in [4.69, 9.17) is 0 Å². The molecule has 1 atom stereocenters. The van der Waals surface area contributed by atoms with Crippen LogP contribution in [0.15, 0.2) is 41.4 Å². The molecule has 0 bridgehead atoms. The average molecular weight is 330 g/mol. The fourth-order valence-electron chi connectivity index (χ4n) is 2.56. The predicted molar refractivity (Wildman–Crippen MR) is 98.8 cm³/mol. The van der Waals surface area contributed by atoms with Crippen LogP contribution in [0.3, 0.4) is 0 Å². The number of carbonyl (C=O) groups is 1. The molecule has 0 saturated carbocycles. The molecule has 0 aliphatic carbocycles. The predicted octanol–water partition coefficient (Wildman–Crippen LogP) is 4.66. The molecule has 1 heterocycles. The van der Waals surface area contributed by atoms with Gasteiger partial charge in [-0.05, 0) is 31.4 Å². The number of amides is 1. The maximum absolute atomic E-state index is 12.1. The van der Waals surface area contributed by atoms with E-state index in [0.29, 0.717) is 5.75 Å². The Balaban J connectivity index is 1.82. The molecule has 1 amide bonds. The van der Waals surface area contributed by atoms with Crippen LogP contribution in [0.1, 0.15) is 40.0 Å². The summed E-state index contributed by atoms with van der Waals surface area (Å²) in [5.41, 5.74) is 0.972. The van der Waals surface area contributed by atoms with Gasteiger partial charge in [0.05, 0.1) is 11.3 Å². The van der Waals surface area contributed by atoms with Crippen LogP contribution >= 0.6 is 11.8 Å². The lowest BCUT2D eigenvalue weighted by Crippen LogP contribution is -2.33. The second-order valence-corrected chi connectivity index (χ2v) is 7.43. The van der Waals surface area contributed by atoms with E-state index in [2.05, 4.69) is 37.1 Å². The molecule has 1 unspecified atom stereocenters. The minimum Gasteiger partial charge on any atom is -0.353 e. The molecule has 2 rings (SSSR count). The van der Waals surface area contributed by atoms with Crippen molar-refractivity contribution in [3.63, 3.8) is 0 Å². The number of para-hydroxylation sites is 1. The zero-order valence-electron chi connectivity index (χ0n) is 14.2. The fourth-order valence-corrected chi connectivity index (χ4v) is 3.41. The van der Waals surface area contributed by atoms with Gasteiger partial charge in [0.15, 0.2) is 0 Å². The molecule has 2 aromatic rings. The molecule has 124 valence electrons. The molecule has 1 aromatic heterocycles. The Labute approximate surface area is 143 Å². The minimum atomic E-state index is 0.105. The maximum Gasteiger partial charge on any atom is 0.230 e. The van der Waals surface area contributed by atoms with Crippen LogP contribution in [0.2, 0.25) is 0 Å². The molecular formula is C19H26N2OS. The quantitative estimate of drug-likeness (QED) is 0.716. The largest absolute Gasteiger partial charge is 0.353 e. The molecule has 4 heteroatoms. The van der Waals surface area contributed by atoms with Gasteiger partial charge < -0.3 is 5.32 Å². The first-order valence-corrected chi connectivity index (χ1v) is 9.30. The maximum atomic E-state index is 12.1. The summed E-state index contributed by atoms with van der Waals surface area (Å²) in [6.07, 6.45) is 5.24. The molecule has 0 radical (unpaired) electrons. The van der Waals surface area contributed by atoms with Gasteiger partial charge >= 0.3 is 0 Å². The van der Waals surface area contributed by atoms with Crippen LogP contribution in [-0.2, 0) is 4.79 Å². The normalized spacial score (nSPS) is 12.5. The van der Waals surface area contributed by atoms with Gasteiger partial charge in [-0.25, -0.2) is 0 Å². The lowest BCUT2D eigenvalue weighted by atomic mass is 10.0. The highest BCUT2D eigenvalue weighted by Crippen LogP contribution is 2.26. The van der Waals surface area contributed by atoms with Crippen molar-refractivity contribution in [3.05, 3.63) is 36.5 Å². The Hall–Kier alpha value is -1.55. The number of hydrogen-bond acceptors (Lipinski definition) is 3. The van der Waals surface area contributed by atoms with Crippen LogP contribution in [0.25, 0.3) is 10.9 Å². The summed E-state index contributed by atoms with van der Waals surface area (Å²) in [6.45, 7) is 6.56. The van der Waals surface area contributed by atoms with Crippen molar-refractivity contribution < 1.29 is 4.79 Å². The van der Waals surface area contributed by atoms with E-state index < -0.39 is 0 Å². The third kappa shape index (κ3) is 5.87. The number of aromatic nitrogens is 1. The number of carbonyl (C=O) groups excluding carboxylic acids is 1. The smallest absolute Gasteiger partial charge is 0.230 e. The molecule has 1 N–H and O–H groups in total. The number of fused-ring (bicyclic) bond motifs is 1. The molecular weight excluding hydrogens is 304 g/mol. The fraction of sp³-hybridized carbons (Fsp3) is 0.474. The summed E-state index contributed by atoms with van der Waals surface area (Å²) >= 11 is 1.58. The van der Waals surface area contributed by atoms with Crippen LogP contribution in [-0.4, -0.2) is 22.7 Å². The van der Waals surface area contributed by atoms with E-state index >= 15 is 0 Å². The van der Waals surface area contributed by atoms with Gasteiger partial charge in [-0.3, -0.25) is 9.78 Å². The van der Waals surface area contributed by atoms with E-state index in [1.54, 1.807) is 18.0 Å². The van der Waals surface area contributed by atoms with Gasteiger partial charge in [-0.15, -0.1) is 11.8 Å². The Kier molecular flexibility index (Phi) is 6.90. The van der Waals surface area contributed by atoms with E-state index in [9.17, 15) is 4.79 Å². The van der Waals surface area contributed by atoms with E-state index in [1.165, 1.54) is 12.8 Å². The Morgan fingerprint density at radius 1 is 1.17 bits per heavy atom. The number of nitrogens with one attached hydrogen (secondary N) is 1. The van der Waals surface area contributed by atoms with E-state index in [-0.39, 0.29) is 11.9 Å². The number of rotatable bonds is 8. The SMILES string of the molecule is CC(C)CCCC(C)NC(=O)CSc1ccnc2ccccc12. The van der Waals surface area contributed by atoms with Crippen molar-refractivity contribution in [1.29, 1.82) is 0 Å². The van der Waals surface area contributed by atoms with Crippen molar-refractivity contribution in [2.45, 2.75) is 51.0 Å². The van der Waals surface area contributed by atoms with Crippen molar-refractivity contribution >= 4 is 28.6 Å².